The van der Waals surface area contributed by atoms with Crippen molar-refractivity contribution in [1.29, 1.82) is 0 Å². The second-order valence-corrected chi connectivity index (χ2v) is 6.04. The first-order chi connectivity index (χ1) is 8.18. The molecule has 0 N–H and O–H groups in total. The Morgan fingerprint density at radius 2 is 0.824 bits per heavy atom. The monoisotopic (exact) mass is 232 g/mol. The van der Waals surface area contributed by atoms with Gasteiger partial charge in [-0.1, -0.05) is 50.0 Å². The van der Waals surface area contributed by atoms with Gasteiger partial charge < -0.3 is 0 Å². The van der Waals surface area contributed by atoms with Crippen LogP contribution >= 0.6 is 0 Å². The Kier molecular flexibility index (Phi) is 3.80. The van der Waals surface area contributed by atoms with E-state index in [1.54, 1.807) is 22.3 Å². The predicted molar refractivity (Wildman–Crippen MR) is 76.1 cm³/mol. The van der Waals surface area contributed by atoms with Gasteiger partial charge in [0.2, 0.25) is 0 Å². The molecule has 2 rings (SSSR count). The fourth-order valence-corrected chi connectivity index (χ4v) is 4.19. The molecule has 0 aliphatic heterocycles. The van der Waals surface area contributed by atoms with Gasteiger partial charge in [-0.3, -0.25) is 0 Å². The lowest BCUT2D eigenvalue weighted by molar-refractivity contribution is 0.316. The van der Waals surface area contributed by atoms with Crippen molar-refractivity contribution in [2.75, 3.05) is 0 Å². The van der Waals surface area contributed by atoms with Gasteiger partial charge in [0.1, 0.15) is 0 Å². The van der Waals surface area contributed by atoms with Crippen molar-refractivity contribution in [2.45, 2.75) is 79.1 Å². The molecule has 0 saturated heterocycles. The minimum Gasteiger partial charge on any atom is -0.0707 e. The van der Waals surface area contributed by atoms with Crippen LogP contribution in [0.4, 0.5) is 0 Å². The average molecular weight is 232 g/mol. The van der Waals surface area contributed by atoms with Crippen LogP contribution in [0, 0.1) is 5.41 Å². The Morgan fingerprint density at radius 3 is 1.00 bits per heavy atom. The summed E-state index contributed by atoms with van der Waals surface area (Å²) >= 11 is 0. The molecule has 0 bridgehead atoms. The predicted octanol–water partition coefficient (Wildman–Crippen LogP) is 5.79. The van der Waals surface area contributed by atoms with Crippen LogP contribution in [0.15, 0.2) is 22.3 Å². The lowest BCUT2D eigenvalue weighted by Gasteiger charge is -2.25. The third-order valence-corrected chi connectivity index (χ3v) is 5.06. The van der Waals surface area contributed by atoms with E-state index in [1.807, 2.05) is 0 Å². The van der Waals surface area contributed by atoms with Crippen molar-refractivity contribution in [2.24, 2.45) is 5.41 Å². The van der Waals surface area contributed by atoms with Gasteiger partial charge in [0, 0.05) is 0 Å². The summed E-state index contributed by atoms with van der Waals surface area (Å²) in [6.07, 6.45) is 10.8. The molecule has 0 atom stereocenters. The van der Waals surface area contributed by atoms with Crippen LogP contribution in [0.5, 0.6) is 0 Å². The molecule has 17 heavy (non-hydrogen) atoms. The fraction of sp³-hybridized carbons (Fsp3) is 0.765. The molecular weight excluding hydrogens is 204 g/mol. The maximum absolute atomic E-state index is 2.34. The molecule has 0 saturated carbocycles. The summed E-state index contributed by atoms with van der Waals surface area (Å²) in [6, 6.07) is 0. The van der Waals surface area contributed by atoms with Gasteiger partial charge in [0.05, 0.1) is 0 Å². The number of hydrogen-bond acceptors (Lipinski definition) is 0. The molecule has 0 amide bonds. The Morgan fingerprint density at radius 1 is 0.588 bits per heavy atom. The molecule has 1 spiro atoms. The second kappa shape index (κ2) is 5.00. The van der Waals surface area contributed by atoms with E-state index in [2.05, 4.69) is 27.7 Å². The van der Waals surface area contributed by atoms with Crippen LogP contribution in [-0.4, -0.2) is 0 Å². The lowest BCUT2D eigenvalue weighted by Crippen LogP contribution is -2.13. The van der Waals surface area contributed by atoms with Crippen molar-refractivity contribution in [3.8, 4) is 0 Å². The largest absolute Gasteiger partial charge is 0.0707 e. The zero-order valence-electron chi connectivity index (χ0n) is 12.2. The maximum Gasteiger partial charge on any atom is -0.0148 e. The topological polar surface area (TPSA) is 0 Å². The third-order valence-electron chi connectivity index (χ3n) is 5.06. The van der Waals surface area contributed by atoms with Gasteiger partial charge in [-0.05, 0) is 56.8 Å². The van der Waals surface area contributed by atoms with Crippen LogP contribution < -0.4 is 0 Å². The molecule has 0 fully saturated rings. The van der Waals surface area contributed by atoms with Crippen molar-refractivity contribution >= 4 is 0 Å². The molecular formula is C17H28. The number of rotatable bonds is 4. The summed E-state index contributed by atoms with van der Waals surface area (Å²) in [4.78, 5) is 0. The van der Waals surface area contributed by atoms with Gasteiger partial charge in [-0.2, -0.15) is 0 Å². The summed E-state index contributed by atoms with van der Waals surface area (Å²) in [7, 11) is 0. The zero-order valence-corrected chi connectivity index (χ0v) is 12.2. The van der Waals surface area contributed by atoms with Crippen molar-refractivity contribution in [3.05, 3.63) is 22.3 Å². The SMILES string of the molecule is CCC1=C(CC)CC2(C1)CC(CC)=C(CC)C2. The van der Waals surface area contributed by atoms with E-state index in [4.69, 9.17) is 0 Å². The van der Waals surface area contributed by atoms with Crippen LogP contribution in [0.25, 0.3) is 0 Å². The zero-order chi connectivity index (χ0) is 12.5. The van der Waals surface area contributed by atoms with Crippen LogP contribution in [-0.2, 0) is 0 Å². The molecule has 2 aliphatic rings. The standard InChI is InChI=1S/C17H28/c1-5-13-9-17(10-14(13)6-2)11-15(7-3)16(8-4)12-17/h5-12H2,1-4H3. The van der Waals surface area contributed by atoms with E-state index in [0.717, 1.165) is 0 Å². The highest BCUT2D eigenvalue weighted by atomic mass is 14.5. The molecule has 0 aromatic heterocycles. The van der Waals surface area contributed by atoms with Crippen LogP contribution in [0.3, 0.4) is 0 Å². The summed E-state index contributed by atoms with van der Waals surface area (Å²) in [6.45, 7) is 9.36. The number of hydrogen-bond donors (Lipinski definition) is 0. The first-order valence-corrected chi connectivity index (χ1v) is 7.57. The van der Waals surface area contributed by atoms with E-state index >= 15 is 0 Å². The molecule has 0 unspecified atom stereocenters. The molecule has 0 radical (unpaired) electrons. The Bertz CT molecular complexity index is 283. The third kappa shape index (κ3) is 2.23. The van der Waals surface area contributed by atoms with Crippen molar-refractivity contribution in [1.82, 2.24) is 0 Å². The van der Waals surface area contributed by atoms with Gasteiger partial charge in [-0.15, -0.1) is 0 Å². The van der Waals surface area contributed by atoms with E-state index in [-0.39, 0.29) is 0 Å². The van der Waals surface area contributed by atoms with Gasteiger partial charge in [0.15, 0.2) is 0 Å². The minimum atomic E-state index is 0.632. The van der Waals surface area contributed by atoms with E-state index < -0.39 is 0 Å². The molecule has 96 valence electrons. The summed E-state index contributed by atoms with van der Waals surface area (Å²) < 4.78 is 0. The highest BCUT2D eigenvalue weighted by molar-refractivity contribution is 5.33. The molecule has 2 aliphatic carbocycles. The summed E-state index contributed by atoms with van der Waals surface area (Å²) in [5.41, 5.74) is 7.80. The molecule has 0 aromatic carbocycles. The van der Waals surface area contributed by atoms with E-state index in [0.29, 0.717) is 5.41 Å². The highest BCUT2D eigenvalue weighted by Crippen LogP contribution is 2.56. The second-order valence-electron chi connectivity index (χ2n) is 6.04. The average Bonchev–Trinajstić information content (AvgIpc) is 2.89. The Balaban J connectivity index is 2.13. The van der Waals surface area contributed by atoms with E-state index in [1.165, 1.54) is 51.4 Å². The quantitative estimate of drug-likeness (QED) is 0.538. The number of allylic oxidation sites excluding steroid dienone is 4. The van der Waals surface area contributed by atoms with Gasteiger partial charge in [0.25, 0.3) is 0 Å². The summed E-state index contributed by atoms with van der Waals surface area (Å²) in [5, 5.41) is 0. The van der Waals surface area contributed by atoms with Gasteiger partial charge >= 0.3 is 0 Å². The first kappa shape index (κ1) is 12.9. The molecule has 0 nitrogen and oxygen atoms in total. The fourth-order valence-electron chi connectivity index (χ4n) is 4.19. The Labute approximate surface area is 107 Å². The van der Waals surface area contributed by atoms with Crippen molar-refractivity contribution in [3.63, 3.8) is 0 Å². The van der Waals surface area contributed by atoms with Gasteiger partial charge in [-0.25, -0.2) is 0 Å². The highest BCUT2D eigenvalue weighted by Gasteiger charge is 2.42. The normalized spacial score (nSPS) is 23.3. The molecule has 0 heteroatoms. The smallest absolute Gasteiger partial charge is 0.0148 e. The lowest BCUT2D eigenvalue weighted by atomic mass is 9.79. The van der Waals surface area contributed by atoms with E-state index in [9.17, 15) is 0 Å². The van der Waals surface area contributed by atoms with Crippen LogP contribution in [0.1, 0.15) is 79.1 Å². The maximum atomic E-state index is 2.34. The molecule has 0 heterocycles. The minimum absolute atomic E-state index is 0.632. The Hall–Kier alpha value is -0.520. The van der Waals surface area contributed by atoms with Crippen molar-refractivity contribution < 1.29 is 0 Å². The molecule has 0 aromatic rings. The van der Waals surface area contributed by atoms with Crippen LogP contribution in [0.2, 0.25) is 0 Å². The summed E-state index contributed by atoms with van der Waals surface area (Å²) in [5.74, 6) is 0. The first-order valence-electron chi connectivity index (χ1n) is 7.57.